The molecule has 0 aromatic rings. The van der Waals surface area contributed by atoms with Gasteiger partial charge < -0.3 is 25.5 Å². The minimum atomic E-state index is -0.649. The molecule has 3 saturated heterocycles. The van der Waals surface area contributed by atoms with Crippen LogP contribution in [0.25, 0.3) is 0 Å². The molecule has 3 aliphatic rings. The molecule has 0 aromatic heterocycles. The van der Waals surface area contributed by atoms with Crippen LogP contribution in [0.1, 0.15) is 85.5 Å². The van der Waals surface area contributed by atoms with Gasteiger partial charge in [-0.15, -0.1) is 5.06 Å². The zero-order valence-electron chi connectivity index (χ0n) is 22.2. The predicted octanol–water partition coefficient (Wildman–Crippen LogP) is 2.18. The van der Waals surface area contributed by atoms with Crippen LogP contribution in [-0.2, 0) is 28.8 Å². The number of hydrogen-bond donors (Lipinski definition) is 3. The molecule has 3 aliphatic heterocycles. The van der Waals surface area contributed by atoms with Crippen LogP contribution >= 0.6 is 11.8 Å². The molecule has 0 bridgehead atoms. The summed E-state index contributed by atoms with van der Waals surface area (Å²) in [6.45, 7) is 8.01. The number of urea groups is 1. The summed E-state index contributed by atoms with van der Waals surface area (Å²) in [5, 5.41) is 9.97. The summed E-state index contributed by atoms with van der Waals surface area (Å²) in [6, 6.07) is 0.335. The van der Waals surface area contributed by atoms with Gasteiger partial charge in [-0.05, 0) is 53.4 Å². The number of rotatable bonds is 14. The topological polar surface area (TPSA) is 143 Å². The van der Waals surface area contributed by atoms with Gasteiger partial charge in [0.25, 0.3) is 11.8 Å². The SMILES string of the molecule is CC(C)(CCOC(C)(C)CCC(=O)ON1C(=O)CCC1=O)NC(=O)CCCCC1SCC2NC(=O)NC21. The second-order valence-corrected chi connectivity index (χ2v) is 12.5. The maximum absolute atomic E-state index is 12.5. The lowest BCUT2D eigenvalue weighted by atomic mass is 9.99. The van der Waals surface area contributed by atoms with Crippen LogP contribution in [0.2, 0.25) is 0 Å². The fourth-order valence-electron chi connectivity index (χ4n) is 4.64. The number of ether oxygens (including phenoxy) is 1. The highest BCUT2D eigenvalue weighted by Gasteiger charge is 2.42. The monoisotopic (exact) mass is 540 g/mol. The van der Waals surface area contributed by atoms with Crippen LogP contribution in [0.15, 0.2) is 0 Å². The molecule has 3 rings (SSSR count). The van der Waals surface area contributed by atoms with Gasteiger partial charge in [0.05, 0.1) is 24.1 Å². The lowest BCUT2D eigenvalue weighted by molar-refractivity contribution is -0.198. The summed E-state index contributed by atoms with van der Waals surface area (Å²) in [7, 11) is 0. The Bertz CT molecular complexity index is 878. The Labute approximate surface area is 222 Å². The number of hydroxylamine groups is 2. The number of nitrogens with one attached hydrogen (secondary N) is 3. The number of thioether (sulfide) groups is 1. The Morgan fingerprint density at radius 3 is 2.43 bits per heavy atom. The van der Waals surface area contributed by atoms with Gasteiger partial charge in [-0.25, -0.2) is 9.59 Å². The number of imide groups is 1. The third kappa shape index (κ3) is 8.87. The molecule has 0 saturated carbocycles. The van der Waals surface area contributed by atoms with E-state index in [0.29, 0.717) is 36.2 Å². The summed E-state index contributed by atoms with van der Waals surface area (Å²) in [5.41, 5.74) is -1.07. The molecule has 0 radical (unpaired) electrons. The van der Waals surface area contributed by atoms with Crippen LogP contribution < -0.4 is 16.0 Å². The fourth-order valence-corrected chi connectivity index (χ4v) is 6.18. The second-order valence-electron chi connectivity index (χ2n) is 11.2. The molecule has 0 spiro atoms. The number of carbonyl (C=O) groups is 5. The van der Waals surface area contributed by atoms with Crippen LogP contribution in [0.3, 0.4) is 0 Å². The first-order valence-corrected chi connectivity index (χ1v) is 14.1. The van der Waals surface area contributed by atoms with Crippen LogP contribution in [-0.4, -0.2) is 75.6 Å². The molecule has 0 aliphatic carbocycles. The number of amides is 5. The van der Waals surface area contributed by atoms with E-state index < -0.39 is 28.9 Å². The van der Waals surface area contributed by atoms with E-state index in [-0.39, 0.29) is 43.3 Å². The number of hydrogen-bond acceptors (Lipinski definition) is 8. The fraction of sp³-hybridized carbons (Fsp3) is 0.800. The molecule has 3 atom stereocenters. The van der Waals surface area contributed by atoms with Crippen molar-refractivity contribution in [1.82, 2.24) is 21.0 Å². The lowest BCUT2D eigenvalue weighted by Crippen LogP contribution is -2.44. The molecule has 3 N–H and O–H groups in total. The molecular formula is C25H40N4O7S. The van der Waals surface area contributed by atoms with E-state index in [2.05, 4.69) is 16.0 Å². The zero-order valence-corrected chi connectivity index (χ0v) is 23.0. The van der Waals surface area contributed by atoms with Crippen molar-refractivity contribution >= 4 is 41.5 Å². The summed E-state index contributed by atoms with van der Waals surface area (Å²) in [6.07, 6.45) is 4.25. The highest BCUT2D eigenvalue weighted by Crippen LogP contribution is 2.33. The minimum Gasteiger partial charge on any atom is -0.375 e. The number of fused-ring (bicyclic) bond motifs is 1. The molecule has 3 unspecified atom stereocenters. The Kier molecular flexibility index (Phi) is 9.85. The van der Waals surface area contributed by atoms with E-state index in [1.54, 1.807) is 0 Å². The van der Waals surface area contributed by atoms with Gasteiger partial charge in [-0.1, -0.05) is 6.42 Å². The maximum atomic E-state index is 12.5. The Balaban J connectivity index is 1.27. The van der Waals surface area contributed by atoms with Gasteiger partial charge in [-0.2, -0.15) is 11.8 Å². The lowest BCUT2D eigenvalue weighted by Gasteiger charge is -2.30. The average Bonchev–Trinajstić information content (AvgIpc) is 3.45. The van der Waals surface area contributed by atoms with E-state index in [0.717, 1.165) is 25.0 Å². The normalized spacial score (nSPS) is 23.6. The first-order chi connectivity index (χ1) is 17.3. The summed E-state index contributed by atoms with van der Waals surface area (Å²) >= 11 is 1.88. The van der Waals surface area contributed by atoms with Gasteiger partial charge in [0, 0.05) is 42.4 Å². The Morgan fingerprint density at radius 1 is 1.03 bits per heavy atom. The molecule has 37 heavy (non-hydrogen) atoms. The van der Waals surface area contributed by atoms with Crippen molar-refractivity contribution in [3.63, 3.8) is 0 Å². The number of unbranched alkanes of at least 4 members (excludes halogenated alkanes) is 1. The molecule has 12 heteroatoms. The van der Waals surface area contributed by atoms with Crippen LogP contribution in [0, 0.1) is 0 Å². The molecular weight excluding hydrogens is 500 g/mol. The van der Waals surface area contributed by atoms with Gasteiger partial charge in [0.15, 0.2) is 0 Å². The smallest absolute Gasteiger partial charge is 0.333 e. The average molecular weight is 541 g/mol. The van der Waals surface area contributed by atoms with Crippen molar-refractivity contribution < 1.29 is 33.5 Å². The predicted molar refractivity (Wildman–Crippen MR) is 137 cm³/mol. The van der Waals surface area contributed by atoms with Gasteiger partial charge in [0.1, 0.15) is 0 Å². The minimum absolute atomic E-state index is 0.00537. The third-order valence-corrected chi connectivity index (χ3v) is 8.42. The van der Waals surface area contributed by atoms with Crippen molar-refractivity contribution in [2.45, 2.75) is 114 Å². The van der Waals surface area contributed by atoms with Crippen molar-refractivity contribution in [1.29, 1.82) is 0 Å². The molecule has 11 nitrogen and oxygen atoms in total. The highest BCUT2D eigenvalue weighted by molar-refractivity contribution is 8.00. The Morgan fingerprint density at radius 2 is 1.73 bits per heavy atom. The molecule has 5 amide bonds. The summed E-state index contributed by atoms with van der Waals surface area (Å²) < 4.78 is 5.96. The second kappa shape index (κ2) is 12.5. The van der Waals surface area contributed by atoms with Crippen LogP contribution in [0.4, 0.5) is 4.79 Å². The summed E-state index contributed by atoms with van der Waals surface area (Å²) in [5.74, 6) is -0.706. The van der Waals surface area contributed by atoms with E-state index in [1.165, 1.54) is 0 Å². The zero-order chi connectivity index (χ0) is 27.2. The van der Waals surface area contributed by atoms with Crippen molar-refractivity contribution in [3.8, 4) is 0 Å². The van der Waals surface area contributed by atoms with Gasteiger partial charge >= 0.3 is 12.0 Å². The van der Waals surface area contributed by atoms with E-state index in [4.69, 9.17) is 9.57 Å². The van der Waals surface area contributed by atoms with E-state index in [9.17, 15) is 24.0 Å². The summed E-state index contributed by atoms with van der Waals surface area (Å²) in [4.78, 5) is 64.0. The van der Waals surface area contributed by atoms with Crippen molar-refractivity contribution in [2.24, 2.45) is 0 Å². The molecule has 208 valence electrons. The van der Waals surface area contributed by atoms with E-state index in [1.807, 2.05) is 39.5 Å². The quantitative estimate of drug-likeness (QED) is 0.173. The van der Waals surface area contributed by atoms with E-state index >= 15 is 0 Å². The largest absolute Gasteiger partial charge is 0.375 e. The number of nitrogens with zero attached hydrogens (tertiary/aromatic N) is 1. The highest BCUT2D eigenvalue weighted by atomic mass is 32.2. The van der Waals surface area contributed by atoms with Crippen molar-refractivity contribution in [2.75, 3.05) is 12.4 Å². The van der Waals surface area contributed by atoms with Crippen LogP contribution in [0.5, 0.6) is 0 Å². The molecule has 0 aromatic carbocycles. The first kappa shape index (κ1) is 29.2. The number of carbonyl (C=O) groups excluding carboxylic acids is 5. The molecule has 3 heterocycles. The standard InChI is InChI=1S/C25H40N4O7S/c1-24(2,28-18(30)8-6-5-7-17-22-16(15-37-17)26-23(34)27-22)13-14-35-25(3,4)12-11-21(33)36-29-19(31)9-10-20(29)32/h16-17,22H,5-15H2,1-4H3,(H,28,30)(H2,26,27,34). The van der Waals surface area contributed by atoms with Gasteiger partial charge in [-0.3, -0.25) is 14.4 Å². The third-order valence-electron chi connectivity index (χ3n) is 6.91. The maximum Gasteiger partial charge on any atom is 0.333 e. The Hall–Kier alpha value is -2.34. The van der Waals surface area contributed by atoms with Gasteiger partial charge in [0.2, 0.25) is 5.91 Å². The first-order valence-electron chi connectivity index (χ1n) is 13.1. The van der Waals surface area contributed by atoms with Crippen molar-refractivity contribution in [3.05, 3.63) is 0 Å². The molecule has 3 fully saturated rings.